The van der Waals surface area contributed by atoms with Crippen molar-refractivity contribution in [1.29, 1.82) is 0 Å². The summed E-state index contributed by atoms with van der Waals surface area (Å²) in [6, 6.07) is 7.36. The van der Waals surface area contributed by atoms with Crippen LogP contribution in [0.15, 0.2) is 22.7 Å². The Hall–Kier alpha value is -0.340. The molecule has 0 radical (unpaired) electrons. The van der Waals surface area contributed by atoms with Gasteiger partial charge < -0.3 is 5.32 Å². The minimum Gasteiger partial charge on any atom is -0.310 e. The Morgan fingerprint density at radius 2 is 2.00 bits per heavy atom. The Bertz CT molecular complexity index is 343. The first-order valence-electron chi connectivity index (χ1n) is 6.24. The van der Waals surface area contributed by atoms with Crippen molar-refractivity contribution >= 4 is 15.9 Å². The minimum atomic E-state index is 0.748. The molecule has 0 atom stereocenters. The lowest BCUT2D eigenvalue weighted by Crippen LogP contribution is -2.30. The van der Waals surface area contributed by atoms with Gasteiger partial charge in [-0.15, -0.1) is 0 Å². The normalized spacial score (nSPS) is 17.6. The van der Waals surface area contributed by atoms with Crippen molar-refractivity contribution in [2.45, 2.75) is 51.6 Å². The second-order valence-corrected chi connectivity index (χ2v) is 5.65. The molecule has 1 aliphatic carbocycles. The third-order valence-corrected chi connectivity index (χ3v) is 4.31. The van der Waals surface area contributed by atoms with Crippen molar-refractivity contribution in [1.82, 2.24) is 5.32 Å². The molecule has 2 heteroatoms. The summed E-state index contributed by atoms with van der Waals surface area (Å²) in [6.45, 7) is 3.16. The van der Waals surface area contributed by atoms with Crippen molar-refractivity contribution in [2.75, 3.05) is 0 Å². The lowest BCUT2D eigenvalue weighted by atomic mass is 9.95. The molecule has 0 saturated heterocycles. The molecule has 0 spiro atoms. The van der Waals surface area contributed by atoms with Crippen LogP contribution in [0.4, 0.5) is 0 Å². The summed E-state index contributed by atoms with van der Waals surface area (Å²) in [6.07, 6.45) is 6.94. The fourth-order valence-corrected chi connectivity index (χ4v) is 2.63. The number of halogens is 1. The molecule has 2 rings (SSSR count). The van der Waals surface area contributed by atoms with Crippen LogP contribution in [0.1, 0.15) is 43.2 Å². The number of hydrogen-bond donors (Lipinski definition) is 1. The third-order valence-electron chi connectivity index (χ3n) is 3.42. The highest BCUT2D eigenvalue weighted by molar-refractivity contribution is 9.10. The zero-order valence-electron chi connectivity index (χ0n) is 9.93. The number of hydrogen-bond acceptors (Lipinski definition) is 1. The van der Waals surface area contributed by atoms with Gasteiger partial charge in [-0.25, -0.2) is 0 Å². The third kappa shape index (κ3) is 3.33. The van der Waals surface area contributed by atoms with E-state index in [1.165, 1.54) is 47.7 Å². The smallest absolute Gasteiger partial charge is 0.0208 e. The van der Waals surface area contributed by atoms with Crippen molar-refractivity contribution in [3.05, 3.63) is 33.8 Å². The quantitative estimate of drug-likeness (QED) is 0.877. The Labute approximate surface area is 107 Å². The van der Waals surface area contributed by atoms with E-state index >= 15 is 0 Å². The minimum absolute atomic E-state index is 0.748. The van der Waals surface area contributed by atoms with Crippen LogP contribution in [0.3, 0.4) is 0 Å². The lowest BCUT2D eigenvalue weighted by Gasteiger charge is -2.23. The molecular weight excluding hydrogens is 262 g/mol. The van der Waals surface area contributed by atoms with Crippen molar-refractivity contribution < 1.29 is 0 Å². The highest BCUT2D eigenvalue weighted by atomic mass is 79.9. The molecule has 1 aromatic rings. The van der Waals surface area contributed by atoms with E-state index in [4.69, 9.17) is 0 Å². The molecule has 1 saturated carbocycles. The van der Waals surface area contributed by atoms with E-state index in [1.54, 1.807) is 0 Å². The second kappa shape index (κ2) is 5.83. The topological polar surface area (TPSA) is 12.0 Å². The van der Waals surface area contributed by atoms with Gasteiger partial charge in [0.05, 0.1) is 0 Å². The van der Waals surface area contributed by atoms with E-state index in [-0.39, 0.29) is 0 Å². The van der Waals surface area contributed by atoms with Crippen LogP contribution >= 0.6 is 15.9 Å². The first-order valence-corrected chi connectivity index (χ1v) is 7.03. The van der Waals surface area contributed by atoms with Crippen molar-refractivity contribution in [3.8, 4) is 0 Å². The monoisotopic (exact) mass is 281 g/mol. The van der Waals surface area contributed by atoms with E-state index in [0.717, 1.165) is 12.6 Å². The van der Waals surface area contributed by atoms with Crippen LogP contribution in [-0.2, 0) is 6.54 Å². The zero-order valence-corrected chi connectivity index (χ0v) is 11.5. The summed E-state index contributed by atoms with van der Waals surface area (Å²) < 4.78 is 1.20. The molecule has 1 aromatic carbocycles. The molecule has 1 fully saturated rings. The van der Waals surface area contributed by atoms with Gasteiger partial charge in [0.1, 0.15) is 0 Å². The highest BCUT2D eigenvalue weighted by Gasteiger charge is 2.12. The predicted octanol–water partition coefficient (Wildman–Crippen LogP) is 4.18. The van der Waals surface area contributed by atoms with Crippen molar-refractivity contribution in [3.63, 3.8) is 0 Å². The molecule has 1 aliphatic rings. The summed E-state index contributed by atoms with van der Waals surface area (Å²) in [4.78, 5) is 0. The van der Waals surface area contributed by atoms with Gasteiger partial charge in [-0.3, -0.25) is 0 Å². The summed E-state index contributed by atoms with van der Waals surface area (Å²) in [5.74, 6) is 0. The van der Waals surface area contributed by atoms with Crippen LogP contribution in [0.25, 0.3) is 0 Å². The van der Waals surface area contributed by atoms with Gasteiger partial charge in [-0.05, 0) is 37.0 Å². The van der Waals surface area contributed by atoms with Gasteiger partial charge in [0, 0.05) is 17.1 Å². The number of nitrogens with one attached hydrogen (secondary N) is 1. The van der Waals surface area contributed by atoms with E-state index < -0.39 is 0 Å². The van der Waals surface area contributed by atoms with E-state index in [2.05, 4.69) is 46.4 Å². The zero-order chi connectivity index (χ0) is 11.4. The van der Waals surface area contributed by atoms with Crippen LogP contribution in [0.2, 0.25) is 0 Å². The average molecular weight is 282 g/mol. The second-order valence-electron chi connectivity index (χ2n) is 4.80. The Balaban J connectivity index is 1.86. The molecule has 0 aliphatic heterocycles. The Morgan fingerprint density at radius 1 is 1.25 bits per heavy atom. The maximum Gasteiger partial charge on any atom is 0.0208 e. The molecular formula is C14H20BrN. The van der Waals surface area contributed by atoms with E-state index in [1.807, 2.05) is 0 Å². The molecule has 0 unspecified atom stereocenters. The fourth-order valence-electron chi connectivity index (χ4n) is 2.39. The standard InChI is InChI=1S/C14H20BrN/c1-11-9-12(7-8-14(11)15)10-16-13-5-3-2-4-6-13/h7-9,13,16H,2-6,10H2,1H3. The molecule has 1 nitrogen and oxygen atoms in total. The average Bonchev–Trinajstić information content (AvgIpc) is 2.32. The first kappa shape index (κ1) is 12.1. The molecule has 0 amide bonds. The van der Waals surface area contributed by atoms with Gasteiger partial charge in [0.2, 0.25) is 0 Å². The Kier molecular flexibility index (Phi) is 4.42. The SMILES string of the molecule is Cc1cc(CNC2CCCCC2)ccc1Br. The molecule has 1 N–H and O–H groups in total. The van der Waals surface area contributed by atoms with E-state index in [9.17, 15) is 0 Å². The Morgan fingerprint density at radius 3 is 2.69 bits per heavy atom. The highest BCUT2D eigenvalue weighted by Crippen LogP contribution is 2.19. The molecule has 0 aromatic heterocycles. The lowest BCUT2D eigenvalue weighted by molar-refractivity contribution is 0.372. The largest absolute Gasteiger partial charge is 0.310 e. The molecule has 0 bridgehead atoms. The fraction of sp³-hybridized carbons (Fsp3) is 0.571. The van der Waals surface area contributed by atoms with Gasteiger partial charge in [-0.1, -0.05) is 47.3 Å². The summed E-state index contributed by atoms with van der Waals surface area (Å²) in [7, 11) is 0. The predicted molar refractivity (Wildman–Crippen MR) is 72.6 cm³/mol. The van der Waals surface area contributed by atoms with Crippen molar-refractivity contribution in [2.24, 2.45) is 0 Å². The summed E-state index contributed by atoms with van der Waals surface area (Å²) in [5.41, 5.74) is 2.72. The van der Waals surface area contributed by atoms with Crippen LogP contribution in [0.5, 0.6) is 0 Å². The first-order chi connectivity index (χ1) is 7.75. The molecule has 88 valence electrons. The maximum absolute atomic E-state index is 3.67. The van der Waals surface area contributed by atoms with Crippen LogP contribution < -0.4 is 5.32 Å². The van der Waals surface area contributed by atoms with Crippen LogP contribution in [0, 0.1) is 6.92 Å². The molecule has 0 heterocycles. The number of rotatable bonds is 3. The summed E-state index contributed by atoms with van der Waals surface area (Å²) in [5, 5.41) is 3.67. The van der Waals surface area contributed by atoms with Gasteiger partial charge >= 0.3 is 0 Å². The van der Waals surface area contributed by atoms with E-state index in [0.29, 0.717) is 0 Å². The number of benzene rings is 1. The molecule has 16 heavy (non-hydrogen) atoms. The van der Waals surface area contributed by atoms with Crippen LogP contribution in [-0.4, -0.2) is 6.04 Å². The summed E-state index contributed by atoms with van der Waals surface area (Å²) >= 11 is 3.54. The van der Waals surface area contributed by atoms with Gasteiger partial charge in [0.25, 0.3) is 0 Å². The van der Waals surface area contributed by atoms with Gasteiger partial charge in [0.15, 0.2) is 0 Å². The maximum atomic E-state index is 3.67. The number of aryl methyl sites for hydroxylation is 1. The van der Waals surface area contributed by atoms with Gasteiger partial charge in [-0.2, -0.15) is 0 Å².